The summed E-state index contributed by atoms with van der Waals surface area (Å²) in [7, 11) is 0. The van der Waals surface area contributed by atoms with Gasteiger partial charge in [-0.1, -0.05) is 23.8 Å². The molecule has 0 aliphatic carbocycles. The summed E-state index contributed by atoms with van der Waals surface area (Å²) in [5.74, 6) is 0.392. The molecule has 1 fully saturated rings. The molecule has 1 aromatic rings. The van der Waals surface area contributed by atoms with Crippen LogP contribution in [0.15, 0.2) is 18.2 Å². The molecule has 0 bridgehead atoms. The number of carbonyl (C=O) groups excluding carboxylic acids is 1. The van der Waals surface area contributed by atoms with Gasteiger partial charge in [-0.2, -0.15) is 0 Å². The van der Waals surface area contributed by atoms with E-state index >= 15 is 0 Å². The van der Waals surface area contributed by atoms with E-state index in [2.05, 4.69) is 56.5 Å². The fraction of sp³-hybridized carbons (Fsp3) is 0.611. The van der Waals surface area contributed by atoms with Crippen LogP contribution in [-0.4, -0.2) is 24.5 Å². The average molecular weight is 288 g/mol. The van der Waals surface area contributed by atoms with Crippen LogP contribution in [-0.2, 0) is 11.2 Å². The maximum atomic E-state index is 12.3. The lowest BCUT2D eigenvalue weighted by Gasteiger charge is -2.28. The van der Waals surface area contributed by atoms with Crippen LogP contribution in [0.2, 0.25) is 0 Å². The van der Waals surface area contributed by atoms with E-state index in [0.29, 0.717) is 6.04 Å². The first-order valence-corrected chi connectivity index (χ1v) is 8.05. The summed E-state index contributed by atoms with van der Waals surface area (Å²) in [6.45, 7) is 9.45. The number of benzene rings is 1. The van der Waals surface area contributed by atoms with E-state index in [9.17, 15) is 4.79 Å². The molecule has 3 heteroatoms. The Kier molecular flexibility index (Phi) is 5.40. The van der Waals surface area contributed by atoms with Gasteiger partial charge in [0, 0.05) is 18.0 Å². The fourth-order valence-electron chi connectivity index (χ4n) is 3.19. The van der Waals surface area contributed by atoms with Gasteiger partial charge in [-0.25, -0.2) is 0 Å². The molecule has 0 aromatic heterocycles. The van der Waals surface area contributed by atoms with Crippen LogP contribution in [0.1, 0.15) is 43.4 Å². The Bertz CT molecular complexity index is 498. The third-order valence-corrected chi connectivity index (χ3v) is 4.41. The highest BCUT2D eigenvalue weighted by atomic mass is 16.1. The Balaban J connectivity index is 1.88. The molecule has 1 aromatic carbocycles. The molecule has 1 heterocycles. The minimum absolute atomic E-state index is 0.169. The second-order valence-electron chi connectivity index (χ2n) is 6.62. The number of nitrogens with one attached hydrogen (secondary N) is 2. The largest absolute Gasteiger partial charge is 0.353 e. The summed E-state index contributed by atoms with van der Waals surface area (Å²) >= 11 is 0. The molecule has 1 saturated heterocycles. The first-order valence-electron chi connectivity index (χ1n) is 8.05. The molecule has 0 saturated carbocycles. The minimum Gasteiger partial charge on any atom is -0.353 e. The van der Waals surface area contributed by atoms with Gasteiger partial charge in [0.15, 0.2) is 0 Å². The number of carbonyl (C=O) groups is 1. The molecule has 3 nitrogen and oxygen atoms in total. The smallest absolute Gasteiger partial charge is 0.223 e. The topological polar surface area (TPSA) is 41.1 Å². The van der Waals surface area contributed by atoms with Crippen LogP contribution in [0.4, 0.5) is 0 Å². The number of hydrogen-bond acceptors (Lipinski definition) is 2. The Morgan fingerprint density at radius 2 is 2.19 bits per heavy atom. The van der Waals surface area contributed by atoms with Gasteiger partial charge < -0.3 is 10.6 Å². The van der Waals surface area contributed by atoms with Crippen molar-refractivity contribution in [2.24, 2.45) is 5.92 Å². The van der Waals surface area contributed by atoms with Crippen molar-refractivity contribution in [1.82, 2.24) is 10.6 Å². The zero-order valence-electron chi connectivity index (χ0n) is 13.7. The Morgan fingerprint density at radius 1 is 1.43 bits per heavy atom. The highest BCUT2D eigenvalue weighted by Gasteiger charge is 2.25. The zero-order valence-corrected chi connectivity index (χ0v) is 13.7. The van der Waals surface area contributed by atoms with Gasteiger partial charge in [0.2, 0.25) is 5.91 Å². The summed E-state index contributed by atoms with van der Waals surface area (Å²) in [5.41, 5.74) is 3.93. The van der Waals surface area contributed by atoms with Gasteiger partial charge >= 0.3 is 0 Å². The molecule has 1 unspecified atom stereocenters. The molecule has 2 rings (SSSR count). The van der Waals surface area contributed by atoms with Crippen LogP contribution >= 0.6 is 0 Å². The summed E-state index contributed by atoms with van der Waals surface area (Å²) < 4.78 is 0. The first-order chi connectivity index (χ1) is 9.95. The predicted molar refractivity (Wildman–Crippen MR) is 87.4 cm³/mol. The van der Waals surface area contributed by atoms with Crippen LogP contribution in [0, 0.1) is 19.8 Å². The highest BCUT2D eigenvalue weighted by molar-refractivity contribution is 5.79. The number of amides is 1. The van der Waals surface area contributed by atoms with E-state index in [1.165, 1.54) is 16.7 Å². The quantitative estimate of drug-likeness (QED) is 0.894. The monoisotopic (exact) mass is 288 g/mol. The lowest BCUT2D eigenvalue weighted by atomic mass is 9.92. The van der Waals surface area contributed by atoms with E-state index < -0.39 is 0 Å². The number of hydrogen-bond donors (Lipinski definition) is 2. The molecule has 1 aliphatic rings. The highest BCUT2D eigenvalue weighted by Crippen LogP contribution is 2.17. The SMILES string of the molecule is Cc1ccc(CC(C)NC(=O)[C@H]2CCN[C@@H](C)C2)c(C)c1. The summed E-state index contributed by atoms with van der Waals surface area (Å²) in [4.78, 5) is 12.3. The molecular formula is C18H28N2O. The minimum atomic E-state index is 0.169. The van der Waals surface area contributed by atoms with E-state index in [4.69, 9.17) is 0 Å². The number of piperidine rings is 1. The van der Waals surface area contributed by atoms with Crippen molar-refractivity contribution in [1.29, 1.82) is 0 Å². The van der Waals surface area contributed by atoms with Gasteiger partial charge in [-0.05, 0) is 64.6 Å². The van der Waals surface area contributed by atoms with Crippen molar-refractivity contribution in [2.75, 3.05) is 6.54 Å². The maximum Gasteiger partial charge on any atom is 0.223 e. The van der Waals surface area contributed by atoms with E-state index in [0.717, 1.165) is 25.8 Å². The van der Waals surface area contributed by atoms with Crippen LogP contribution in [0.25, 0.3) is 0 Å². The van der Waals surface area contributed by atoms with Gasteiger partial charge in [-0.3, -0.25) is 4.79 Å². The Hall–Kier alpha value is -1.35. The molecule has 0 radical (unpaired) electrons. The number of aryl methyl sites for hydroxylation is 2. The van der Waals surface area contributed by atoms with E-state index in [1.807, 2.05) is 0 Å². The molecule has 1 aliphatic heterocycles. The third-order valence-electron chi connectivity index (χ3n) is 4.41. The van der Waals surface area contributed by atoms with Crippen LogP contribution in [0.3, 0.4) is 0 Å². The average Bonchev–Trinajstić information content (AvgIpc) is 2.42. The molecular weight excluding hydrogens is 260 g/mol. The van der Waals surface area contributed by atoms with Crippen molar-refractivity contribution in [3.8, 4) is 0 Å². The third kappa shape index (κ3) is 4.57. The molecule has 116 valence electrons. The molecule has 2 N–H and O–H groups in total. The Labute approximate surface area is 128 Å². The van der Waals surface area contributed by atoms with Crippen LogP contribution in [0.5, 0.6) is 0 Å². The fourth-order valence-corrected chi connectivity index (χ4v) is 3.19. The molecule has 0 spiro atoms. The standard InChI is InChI=1S/C18H28N2O/c1-12-5-6-16(13(2)9-12)11-15(4)20-18(21)17-7-8-19-14(3)10-17/h5-6,9,14-15,17,19H,7-8,10-11H2,1-4H3,(H,20,21)/t14-,15?,17-/m0/s1. The molecule has 21 heavy (non-hydrogen) atoms. The lowest BCUT2D eigenvalue weighted by Crippen LogP contribution is -2.45. The predicted octanol–water partition coefficient (Wildman–Crippen LogP) is 2.74. The molecule has 3 atom stereocenters. The van der Waals surface area contributed by atoms with Gasteiger partial charge in [0.25, 0.3) is 0 Å². The second-order valence-corrected chi connectivity index (χ2v) is 6.62. The van der Waals surface area contributed by atoms with Gasteiger partial charge in [-0.15, -0.1) is 0 Å². The maximum absolute atomic E-state index is 12.3. The summed E-state index contributed by atoms with van der Waals surface area (Å²) in [5, 5.41) is 6.59. The summed E-state index contributed by atoms with van der Waals surface area (Å²) in [6.07, 6.45) is 2.80. The van der Waals surface area contributed by atoms with Gasteiger partial charge in [0.1, 0.15) is 0 Å². The summed E-state index contributed by atoms with van der Waals surface area (Å²) in [6, 6.07) is 7.16. The van der Waals surface area contributed by atoms with Crippen molar-refractivity contribution < 1.29 is 4.79 Å². The van der Waals surface area contributed by atoms with E-state index in [-0.39, 0.29) is 17.9 Å². The van der Waals surface area contributed by atoms with Crippen molar-refractivity contribution in [3.63, 3.8) is 0 Å². The van der Waals surface area contributed by atoms with Crippen molar-refractivity contribution >= 4 is 5.91 Å². The van der Waals surface area contributed by atoms with E-state index in [1.54, 1.807) is 0 Å². The van der Waals surface area contributed by atoms with Gasteiger partial charge in [0.05, 0.1) is 0 Å². The van der Waals surface area contributed by atoms with Crippen molar-refractivity contribution in [2.45, 2.75) is 59.0 Å². The lowest BCUT2D eigenvalue weighted by molar-refractivity contribution is -0.126. The zero-order chi connectivity index (χ0) is 15.4. The van der Waals surface area contributed by atoms with Crippen LogP contribution < -0.4 is 10.6 Å². The molecule has 1 amide bonds. The normalized spacial score (nSPS) is 23.6. The number of rotatable bonds is 4. The second kappa shape index (κ2) is 7.08. The Morgan fingerprint density at radius 3 is 2.86 bits per heavy atom. The van der Waals surface area contributed by atoms with Crippen molar-refractivity contribution in [3.05, 3.63) is 34.9 Å². The first kappa shape index (κ1) is 16.0.